The van der Waals surface area contributed by atoms with Crippen molar-refractivity contribution >= 4 is 22.9 Å². The molecule has 0 saturated heterocycles. The van der Waals surface area contributed by atoms with Gasteiger partial charge in [0, 0.05) is 38.9 Å². The number of benzene rings is 1. The lowest BCUT2D eigenvalue weighted by molar-refractivity contribution is 0.0173. The van der Waals surface area contributed by atoms with E-state index < -0.39 is 17.2 Å². The van der Waals surface area contributed by atoms with Gasteiger partial charge in [-0.3, -0.25) is 18.5 Å². The van der Waals surface area contributed by atoms with Crippen LogP contribution >= 0.6 is 11.8 Å². The van der Waals surface area contributed by atoms with Crippen molar-refractivity contribution in [2.24, 2.45) is 7.05 Å². The standard InChI is InChI=1S/C22H25F2N5O4S/c1-13-11-25-16(34-13)12-29-17-18(27(3)21(32)28(19(17)31)8-5-9-30)26-20(29)33-15-7-4-6-14(10-15)22(2,23)24/h4,6-7,10-11,16,25,30H,5,8-9,12H2,1-3H3. The fourth-order valence-electron chi connectivity index (χ4n) is 3.72. The molecule has 12 heteroatoms. The zero-order valence-corrected chi connectivity index (χ0v) is 19.7. The van der Waals surface area contributed by atoms with Crippen LogP contribution in [-0.4, -0.2) is 35.8 Å². The molecule has 1 aliphatic heterocycles. The summed E-state index contributed by atoms with van der Waals surface area (Å²) in [6, 6.07) is 5.49. The van der Waals surface area contributed by atoms with Gasteiger partial charge >= 0.3 is 11.7 Å². The van der Waals surface area contributed by atoms with E-state index >= 15 is 0 Å². The molecule has 0 fully saturated rings. The summed E-state index contributed by atoms with van der Waals surface area (Å²) in [5, 5.41) is 12.3. The van der Waals surface area contributed by atoms with Crippen LogP contribution in [0.2, 0.25) is 0 Å². The highest BCUT2D eigenvalue weighted by Crippen LogP contribution is 2.33. The van der Waals surface area contributed by atoms with Crippen LogP contribution in [-0.2, 0) is 26.1 Å². The Kier molecular flexibility index (Phi) is 6.54. The van der Waals surface area contributed by atoms with E-state index in [1.807, 2.05) is 13.1 Å². The van der Waals surface area contributed by atoms with Gasteiger partial charge in [-0.1, -0.05) is 12.1 Å². The van der Waals surface area contributed by atoms with Crippen LogP contribution in [0.15, 0.2) is 45.0 Å². The molecule has 0 aliphatic carbocycles. The number of halogens is 2. The third-order valence-electron chi connectivity index (χ3n) is 5.44. The normalized spacial score (nSPS) is 16.1. The monoisotopic (exact) mass is 493 g/mol. The Hall–Kier alpha value is -3.12. The zero-order chi connectivity index (χ0) is 24.6. The Bertz CT molecular complexity index is 1370. The fourth-order valence-corrected chi connectivity index (χ4v) is 4.67. The van der Waals surface area contributed by atoms with Crippen molar-refractivity contribution in [2.75, 3.05) is 6.61 Å². The summed E-state index contributed by atoms with van der Waals surface area (Å²) in [5.74, 6) is -2.93. The Balaban J connectivity index is 1.86. The number of aromatic nitrogens is 4. The first-order chi connectivity index (χ1) is 16.1. The summed E-state index contributed by atoms with van der Waals surface area (Å²) < 4.78 is 37.4. The SMILES string of the molecule is CC1=CNC(Cn2c(Oc3cccc(C(C)(F)F)c3)nc3c2c(=O)n(CCCO)c(=O)n3C)S1. The first kappa shape index (κ1) is 24.0. The molecule has 1 aliphatic rings. The van der Waals surface area contributed by atoms with Gasteiger partial charge in [0.2, 0.25) is 0 Å². The Morgan fingerprint density at radius 1 is 1.29 bits per heavy atom. The minimum atomic E-state index is -3.06. The average Bonchev–Trinajstić information content (AvgIpc) is 3.35. The van der Waals surface area contributed by atoms with Crippen molar-refractivity contribution in [3.63, 3.8) is 0 Å². The van der Waals surface area contributed by atoms with Crippen molar-refractivity contribution in [1.29, 1.82) is 0 Å². The number of ether oxygens (including phenoxy) is 1. The van der Waals surface area contributed by atoms with Crippen LogP contribution < -0.4 is 21.3 Å². The maximum Gasteiger partial charge on any atom is 0.332 e. The number of fused-ring (bicyclic) bond motifs is 1. The summed E-state index contributed by atoms with van der Waals surface area (Å²) in [7, 11) is 1.49. The van der Waals surface area contributed by atoms with E-state index in [0.29, 0.717) is 0 Å². The van der Waals surface area contributed by atoms with Gasteiger partial charge in [-0.2, -0.15) is 4.98 Å². The predicted octanol–water partition coefficient (Wildman–Crippen LogP) is 2.71. The molecule has 2 N–H and O–H groups in total. The predicted molar refractivity (Wildman–Crippen MR) is 125 cm³/mol. The van der Waals surface area contributed by atoms with Crippen LogP contribution in [0.1, 0.15) is 25.8 Å². The van der Waals surface area contributed by atoms with E-state index in [2.05, 4.69) is 10.3 Å². The molecule has 1 unspecified atom stereocenters. The molecule has 3 heterocycles. The molecule has 1 aromatic carbocycles. The molecule has 0 bridgehead atoms. The van der Waals surface area contributed by atoms with Crippen LogP contribution in [0.3, 0.4) is 0 Å². The van der Waals surface area contributed by atoms with Gasteiger partial charge < -0.3 is 15.2 Å². The third kappa shape index (κ3) is 4.60. The molecule has 3 aromatic rings. The third-order valence-corrected chi connectivity index (χ3v) is 6.50. The van der Waals surface area contributed by atoms with E-state index in [-0.39, 0.29) is 60.0 Å². The Morgan fingerprint density at radius 2 is 2.06 bits per heavy atom. The number of imidazole rings is 1. The number of hydrogen-bond acceptors (Lipinski definition) is 7. The maximum absolute atomic E-state index is 13.8. The highest BCUT2D eigenvalue weighted by Gasteiger charge is 2.27. The summed E-state index contributed by atoms with van der Waals surface area (Å²) in [6.07, 6.45) is 2.09. The van der Waals surface area contributed by atoms with Crippen molar-refractivity contribution in [1.82, 2.24) is 24.0 Å². The average molecular weight is 494 g/mol. The van der Waals surface area contributed by atoms with E-state index in [4.69, 9.17) is 4.74 Å². The summed E-state index contributed by atoms with van der Waals surface area (Å²) in [6.45, 7) is 2.88. The first-order valence-corrected chi connectivity index (χ1v) is 11.5. The quantitative estimate of drug-likeness (QED) is 0.497. The molecule has 0 amide bonds. The fraction of sp³-hybridized carbons (Fsp3) is 0.409. The summed E-state index contributed by atoms with van der Waals surface area (Å²) in [4.78, 5) is 31.6. The van der Waals surface area contributed by atoms with Crippen LogP contribution in [0.5, 0.6) is 11.8 Å². The van der Waals surface area contributed by atoms with E-state index in [0.717, 1.165) is 16.4 Å². The van der Waals surface area contributed by atoms with Gasteiger partial charge in [0.25, 0.3) is 11.5 Å². The van der Waals surface area contributed by atoms with Crippen molar-refractivity contribution in [2.45, 2.75) is 44.7 Å². The topological polar surface area (TPSA) is 103 Å². The second-order valence-electron chi connectivity index (χ2n) is 8.10. The number of allylic oxidation sites excluding steroid dienone is 1. The van der Waals surface area contributed by atoms with Gasteiger partial charge in [-0.25, -0.2) is 13.6 Å². The molecule has 4 rings (SSSR count). The van der Waals surface area contributed by atoms with Gasteiger partial charge in [0.05, 0.1) is 11.9 Å². The maximum atomic E-state index is 13.8. The second-order valence-corrected chi connectivity index (χ2v) is 9.55. The Labute approximate surface area is 197 Å². The first-order valence-electron chi connectivity index (χ1n) is 10.7. The Morgan fingerprint density at radius 3 is 2.71 bits per heavy atom. The van der Waals surface area contributed by atoms with Crippen LogP contribution in [0.4, 0.5) is 8.78 Å². The van der Waals surface area contributed by atoms with Gasteiger partial charge in [0.15, 0.2) is 11.2 Å². The van der Waals surface area contributed by atoms with Crippen molar-refractivity contribution in [3.8, 4) is 11.8 Å². The minimum Gasteiger partial charge on any atom is -0.425 e. The molecular weight excluding hydrogens is 468 g/mol. The number of nitrogens with one attached hydrogen (secondary N) is 1. The molecule has 34 heavy (non-hydrogen) atoms. The second kappa shape index (κ2) is 9.26. The largest absolute Gasteiger partial charge is 0.425 e. The van der Waals surface area contributed by atoms with Gasteiger partial charge in [-0.05, 0) is 30.4 Å². The van der Waals surface area contributed by atoms with Crippen LogP contribution in [0.25, 0.3) is 11.2 Å². The van der Waals surface area contributed by atoms with Crippen LogP contribution in [0, 0.1) is 0 Å². The zero-order valence-electron chi connectivity index (χ0n) is 18.9. The highest BCUT2D eigenvalue weighted by molar-refractivity contribution is 8.03. The minimum absolute atomic E-state index is 0.00512. The number of aliphatic hydroxyl groups excluding tert-OH is 1. The molecule has 9 nitrogen and oxygen atoms in total. The molecule has 182 valence electrons. The lowest BCUT2D eigenvalue weighted by Gasteiger charge is -2.16. The number of aryl methyl sites for hydroxylation is 1. The summed E-state index contributed by atoms with van der Waals surface area (Å²) in [5.41, 5.74) is -1.08. The summed E-state index contributed by atoms with van der Waals surface area (Å²) >= 11 is 1.56. The lowest BCUT2D eigenvalue weighted by atomic mass is 10.1. The number of aliphatic hydroxyl groups is 1. The number of rotatable bonds is 8. The van der Waals surface area contributed by atoms with Crippen molar-refractivity contribution < 1.29 is 18.6 Å². The van der Waals surface area contributed by atoms with E-state index in [1.54, 1.807) is 16.3 Å². The molecule has 2 aromatic heterocycles. The number of alkyl halides is 2. The molecule has 0 saturated carbocycles. The molecule has 0 spiro atoms. The highest BCUT2D eigenvalue weighted by atomic mass is 32.2. The van der Waals surface area contributed by atoms with Gasteiger partial charge in [-0.15, -0.1) is 11.8 Å². The van der Waals surface area contributed by atoms with Gasteiger partial charge in [0.1, 0.15) is 5.75 Å². The smallest absolute Gasteiger partial charge is 0.332 e. The number of thioether (sulfide) groups is 1. The molecular formula is C22H25F2N5O4S. The van der Waals surface area contributed by atoms with Crippen molar-refractivity contribution in [3.05, 3.63) is 61.8 Å². The molecule has 0 radical (unpaired) electrons. The number of nitrogens with zero attached hydrogens (tertiary/aromatic N) is 4. The van der Waals surface area contributed by atoms with E-state index in [1.165, 1.54) is 35.9 Å². The van der Waals surface area contributed by atoms with E-state index in [9.17, 15) is 23.5 Å². The molecule has 1 atom stereocenters. The lowest BCUT2D eigenvalue weighted by Crippen LogP contribution is -2.40. The number of hydrogen-bond donors (Lipinski definition) is 2.